The van der Waals surface area contributed by atoms with Gasteiger partial charge in [0, 0.05) is 5.69 Å². The first-order valence-corrected chi connectivity index (χ1v) is 6.24. The molecule has 0 unspecified atom stereocenters. The van der Waals surface area contributed by atoms with Crippen molar-refractivity contribution in [2.75, 3.05) is 5.32 Å². The molecule has 0 aromatic heterocycles. The van der Waals surface area contributed by atoms with E-state index in [1.54, 1.807) is 12.1 Å². The number of nitrogens with zero attached hydrogens (tertiary/aromatic N) is 1. The van der Waals surface area contributed by atoms with Crippen LogP contribution < -0.4 is 5.32 Å². The molecule has 2 aromatic rings. The predicted octanol–water partition coefficient (Wildman–Crippen LogP) is 3.16. The number of halogens is 1. The first kappa shape index (κ1) is 14.6. The summed E-state index contributed by atoms with van der Waals surface area (Å²) in [5.41, 5.74) is 0.630. The van der Waals surface area contributed by atoms with Crippen molar-refractivity contribution in [3.8, 4) is 6.07 Å². The number of amides is 1. The van der Waals surface area contributed by atoms with Gasteiger partial charge in [-0.3, -0.25) is 4.79 Å². The third-order valence-electron chi connectivity index (χ3n) is 2.75. The average Bonchev–Trinajstić information content (AvgIpc) is 2.47. The average molecular weight is 301 g/mol. The summed E-state index contributed by atoms with van der Waals surface area (Å²) in [4.78, 5) is 23.2. The lowest BCUT2D eigenvalue weighted by Gasteiger charge is -2.08. The summed E-state index contributed by atoms with van der Waals surface area (Å²) in [6.45, 7) is 0. The zero-order valence-corrected chi connectivity index (χ0v) is 11.4. The molecule has 2 rings (SSSR count). The lowest BCUT2D eigenvalue weighted by molar-refractivity contribution is 0.0692. The summed E-state index contributed by atoms with van der Waals surface area (Å²) in [5.74, 6) is -1.74. The monoisotopic (exact) mass is 300 g/mol. The first-order chi connectivity index (χ1) is 10.0. The topological polar surface area (TPSA) is 90.2 Å². The van der Waals surface area contributed by atoms with Crippen molar-refractivity contribution in [3.63, 3.8) is 0 Å². The number of benzene rings is 2. The zero-order chi connectivity index (χ0) is 15.4. The van der Waals surface area contributed by atoms with Gasteiger partial charge in [0.2, 0.25) is 0 Å². The number of carbonyl (C=O) groups excluding carboxylic acids is 1. The van der Waals surface area contributed by atoms with E-state index >= 15 is 0 Å². The van der Waals surface area contributed by atoms with E-state index < -0.39 is 11.9 Å². The number of carboxylic acid groups (broad SMARTS) is 1. The number of carboxylic acids is 1. The van der Waals surface area contributed by atoms with Crippen LogP contribution >= 0.6 is 11.6 Å². The Morgan fingerprint density at radius 3 is 2.38 bits per heavy atom. The standard InChI is InChI=1S/C15H9ClN2O3/c16-13-7-10(6-5-9(13)8-17)18-14(19)11-3-1-2-4-12(11)15(20)21/h1-7H,(H,18,19)(H,20,21). The fourth-order valence-electron chi connectivity index (χ4n) is 1.75. The largest absolute Gasteiger partial charge is 0.478 e. The molecule has 0 saturated carbocycles. The van der Waals surface area contributed by atoms with Gasteiger partial charge < -0.3 is 10.4 Å². The van der Waals surface area contributed by atoms with Gasteiger partial charge in [0.15, 0.2) is 0 Å². The predicted molar refractivity (Wildman–Crippen MR) is 77.5 cm³/mol. The van der Waals surface area contributed by atoms with Crippen LogP contribution in [0.1, 0.15) is 26.3 Å². The molecule has 0 saturated heterocycles. The molecule has 104 valence electrons. The van der Waals surface area contributed by atoms with E-state index in [9.17, 15) is 9.59 Å². The van der Waals surface area contributed by atoms with Gasteiger partial charge in [-0.25, -0.2) is 4.79 Å². The van der Waals surface area contributed by atoms with E-state index in [4.69, 9.17) is 22.0 Å². The van der Waals surface area contributed by atoms with Crippen LogP contribution in [0.25, 0.3) is 0 Å². The maximum Gasteiger partial charge on any atom is 0.336 e. The molecule has 21 heavy (non-hydrogen) atoms. The maximum atomic E-state index is 12.1. The highest BCUT2D eigenvalue weighted by Crippen LogP contribution is 2.21. The highest BCUT2D eigenvalue weighted by atomic mass is 35.5. The fourth-order valence-corrected chi connectivity index (χ4v) is 1.97. The third-order valence-corrected chi connectivity index (χ3v) is 3.06. The molecule has 0 fully saturated rings. The van der Waals surface area contributed by atoms with Gasteiger partial charge in [0.1, 0.15) is 6.07 Å². The smallest absolute Gasteiger partial charge is 0.336 e. The van der Waals surface area contributed by atoms with Crippen molar-refractivity contribution in [1.82, 2.24) is 0 Å². The van der Waals surface area contributed by atoms with E-state index in [1.807, 2.05) is 6.07 Å². The van der Waals surface area contributed by atoms with E-state index in [0.717, 1.165) is 0 Å². The van der Waals surface area contributed by atoms with Gasteiger partial charge in [-0.1, -0.05) is 23.7 Å². The number of nitrogens with one attached hydrogen (secondary N) is 1. The number of anilines is 1. The molecule has 0 bridgehead atoms. The number of hydrogen-bond acceptors (Lipinski definition) is 3. The van der Waals surface area contributed by atoms with Gasteiger partial charge in [-0.15, -0.1) is 0 Å². The van der Waals surface area contributed by atoms with Gasteiger partial charge in [0.25, 0.3) is 5.91 Å². The molecular weight excluding hydrogens is 292 g/mol. The quantitative estimate of drug-likeness (QED) is 0.911. The molecule has 1 amide bonds. The van der Waals surface area contributed by atoms with Crippen molar-refractivity contribution >= 4 is 29.2 Å². The van der Waals surface area contributed by atoms with Gasteiger partial charge in [-0.05, 0) is 30.3 Å². The van der Waals surface area contributed by atoms with Crippen molar-refractivity contribution in [1.29, 1.82) is 5.26 Å². The minimum atomic E-state index is -1.18. The van der Waals surface area contributed by atoms with E-state index in [2.05, 4.69) is 5.32 Å². The summed E-state index contributed by atoms with van der Waals surface area (Å²) in [5, 5.41) is 20.6. The minimum absolute atomic E-state index is 0.0467. The number of rotatable bonds is 3. The van der Waals surface area contributed by atoms with Crippen LogP contribution in [-0.4, -0.2) is 17.0 Å². The molecule has 5 nitrogen and oxygen atoms in total. The van der Waals surface area contributed by atoms with Crippen LogP contribution in [-0.2, 0) is 0 Å². The lowest BCUT2D eigenvalue weighted by Crippen LogP contribution is -2.16. The molecule has 0 aliphatic heterocycles. The summed E-state index contributed by atoms with van der Waals surface area (Å²) in [7, 11) is 0. The van der Waals surface area contributed by atoms with E-state index in [0.29, 0.717) is 11.3 Å². The molecule has 0 spiro atoms. The van der Waals surface area contributed by atoms with Gasteiger partial charge in [0.05, 0.1) is 21.7 Å². The second kappa shape index (κ2) is 6.07. The molecule has 0 atom stereocenters. The highest BCUT2D eigenvalue weighted by molar-refractivity contribution is 6.32. The summed E-state index contributed by atoms with van der Waals surface area (Å²) < 4.78 is 0. The Kier molecular flexibility index (Phi) is 4.21. The highest BCUT2D eigenvalue weighted by Gasteiger charge is 2.16. The van der Waals surface area contributed by atoms with Crippen LogP contribution in [0.3, 0.4) is 0 Å². The fraction of sp³-hybridized carbons (Fsp3) is 0. The molecule has 0 heterocycles. The van der Waals surface area contributed by atoms with Crippen molar-refractivity contribution in [2.24, 2.45) is 0 Å². The molecule has 0 aliphatic rings. The van der Waals surface area contributed by atoms with E-state index in [1.165, 1.54) is 30.3 Å². The Hall–Kier alpha value is -2.84. The van der Waals surface area contributed by atoms with Crippen LogP contribution in [0.4, 0.5) is 5.69 Å². The summed E-state index contributed by atoms with van der Waals surface area (Å²) in [6, 6.07) is 12.2. The van der Waals surface area contributed by atoms with Gasteiger partial charge in [-0.2, -0.15) is 5.26 Å². The number of carbonyl (C=O) groups is 2. The first-order valence-electron chi connectivity index (χ1n) is 5.86. The van der Waals surface area contributed by atoms with E-state index in [-0.39, 0.29) is 16.1 Å². The van der Waals surface area contributed by atoms with Crippen molar-refractivity contribution < 1.29 is 14.7 Å². The molecule has 0 radical (unpaired) electrons. The zero-order valence-electron chi connectivity index (χ0n) is 10.6. The number of nitriles is 1. The lowest BCUT2D eigenvalue weighted by atomic mass is 10.1. The Bertz CT molecular complexity index is 766. The minimum Gasteiger partial charge on any atom is -0.478 e. The Morgan fingerprint density at radius 2 is 1.81 bits per heavy atom. The maximum absolute atomic E-state index is 12.1. The summed E-state index contributed by atoms with van der Waals surface area (Å²) >= 11 is 5.87. The molecule has 2 N–H and O–H groups in total. The molecule has 0 aliphatic carbocycles. The number of hydrogen-bond donors (Lipinski definition) is 2. The Balaban J connectivity index is 2.29. The second-order valence-electron chi connectivity index (χ2n) is 4.11. The molecule has 6 heteroatoms. The van der Waals surface area contributed by atoms with Crippen LogP contribution in [0.15, 0.2) is 42.5 Å². The summed E-state index contributed by atoms with van der Waals surface area (Å²) in [6.07, 6.45) is 0. The SMILES string of the molecule is N#Cc1ccc(NC(=O)c2ccccc2C(=O)O)cc1Cl. The Morgan fingerprint density at radius 1 is 1.14 bits per heavy atom. The third kappa shape index (κ3) is 3.19. The second-order valence-corrected chi connectivity index (χ2v) is 4.52. The van der Waals surface area contributed by atoms with Crippen molar-refractivity contribution in [3.05, 3.63) is 64.2 Å². The van der Waals surface area contributed by atoms with Gasteiger partial charge >= 0.3 is 5.97 Å². The van der Waals surface area contributed by atoms with Crippen LogP contribution in [0, 0.1) is 11.3 Å². The van der Waals surface area contributed by atoms with Crippen molar-refractivity contribution in [2.45, 2.75) is 0 Å². The molecular formula is C15H9ClN2O3. The molecule has 2 aromatic carbocycles. The van der Waals surface area contributed by atoms with Crippen LogP contribution in [0.5, 0.6) is 0 Å². The van der Waals surface area contributed by atoms with Crippen LogP contribution in [0.2, 0.25) is 5.02 Å². The Labute approximate surface area is 125 Å². The normalized spacial score (nSPS) is 9.71. The number of aromatic carboxylic acids is 1.